The van der Waals surface area contributed by atoms with E-state index in [4.69, 9.17) is 4.74 Å². The number of rotatable bonds is 6. The van der Waals surface area contributed by atoms with Gasteiger partial charge in [0.15, 0.2) is 5.78 Å². The van der Waals surface area contributed by atoms with E-state index in [0.29, 0.717) is 17.0 Å². The van der Waals surface area contributed by atoms with Crippen molar-refractivity contribution in [2.75, 3.05) is 19.0 Å². The van der Waals surface area contributed by atoms with Crippen LogP contribution in [0.4, 0.5) is 10.5 Å². The number of urea groups is 1. The summed E-state index contributed by atoms with van der Waals surface area (Å²) in [6, 6.07) is 14.2. The van der Waals surface area contributed by atoms with Crippen LogP contribution >= 0.6 is 0 Å². The first-order valence-corrected chi connectivity index (χ1v) is 7.38. The van der Waals surface area contributed by atoms with Crippen LogP contribution in [0.25, 0.3) is 0 Å². The van der Waals surface area contributed by atoms with Gasteiger partial charge in [-0.1, -0.05) is 42.0 Å². The molecule has 0 atom stereocenters. The van der Waals surface area contributed by atoms with Crippen molar-refractivity contribution in [2.45, 2.75) is 13.3 Å². The molecule has 0 aromatic heterocycles. The average Bonchev–Trinajstić information content (AvgIpc) is 2.56. The largest absolute Gasteiger partial charge is 0.495 e. The molecule has 0 aliphatic rings. The Labute approximate surface area is 135 Å². The number of hydrogen-bond acceptors (Lipinski definition) is 3. The Morgan fingerprint density at radius 2 is 1.74 bits per heavy atom. The third-order valence-electron chi connectivity index (χ3n) is 3.37. The molecule has 0 heterocycles. The number of carbonyl (C=O) groups is 2. The van der Waals surface area contributed by atoms with Gasteiger partial charge < -0.3 is 15.4 Å². The molecule has 23 heavy (non-hydrogen) atoms. The molecular weight excluding hydrogens is 292 g/mol. The zero-order chi connectivity index (χ0) is 16.7. The van der Waals surface area contributed by atoms with Crippen molar-refractivity contribution in [3.63, 3.8) is 0 Å². The highest BCUT2D eigenvalue weighted by Crippen LogP contribution is 2.22. The zero-order valence-corrected chi connectivity index (χ0v) is 13.3. The number of anilines is 1. The number of amides is 2. The summed E-state index contributed by atoms with van der Waals surface area (Å²) in [5, 5.41) is 5.36. The van der Waals surface area contributed by atoms with Crippen LogP contribution in [0.3, 0.4) is 0 Å². The minimum absolute atomic E-state index is 0.00240. The van der Waals surface area contributed by atoms with E-state index in [9.17, 15) is 9.59 Å². The molecule has 0 fully saturated rings. The fourth-order valence-electron chi connectivity index (χ4n) is 2.09. The van der Waals surface area contributed by atoms with Gasteiger partial charge in [-0.25, -0.2) is 4.79 Å². The van der Waals surface area contributed by atoms with Crippen molar-refractivity contribution >= 4 is 17.5 Å². The van der Waals surface area contributed by atoms with Crippen LogP contribution in [0, 0.1) is 6.92 Å². The monoisotopic (exact) mass is 312 g/mol. The van der Waals surface area contributed by atoms with Crippen molar-refractivity contribution < 1.29 is 14.3 Å². The van der Waals surface area contributed by atoms with E-state index in [2.05, 4.69) is 10.6 Å². The van der Waals surface area contributed by atoms with E-state index in [1.165, 1.54) is 0 Å². The van der Waals surface area contributed by atoms with Gasteiger partial charge in [0.05, 0.1) is 12.8 Å². The van der Waals surface area contributed by atoms with Gasteiger partial charge in [-0.05, 0) is 19.1 Å². The first kappa shape index (κ1) is 16.5. The standard InChI is InChI=1S/C18H20N2O3/c1-13-7-9-14(10-8-13)16(21)11-12-19-18(22)20-15-5-3-4-6-17(15)23-2/h3-10H,11-12H2,1-2H3,(H2,19,20,22). The molecule has 2 aromatic carbocycles. The number of benzene rings is 2. The number of ketones is 1. The highest BCUT2D eigenvalue weighted by Gasteiger charge is 2.08. The molecular formula is C18H20N2O3. The first-order valence-electron chi connectivity index (χ1n) is 7.38. The Hall–Kier alpha value is -2.82. The van der Waals surface area contributed by atoms with E-state index < -0.39 is 0 Å². The average molecular weight is 312 g/mol. The second-order valence-corrected chi connectivity index (χ2v) is 5.12. The van der Waals surface area contributed by atoms with E-state index in [1.54, 1.807) is 37.4 Å². The molecule has 2 N–H and O–H groups in total. The Balaban J connectivity index is 1.80. The fourth-order valence-corrected chi connectivity index (χ4v) is 2.09. The van der Waals surface area contributed by atoms with E-state index in [0.717, 1.165) is 5.56 Å². The van der Waals surface area contributed by atoms with Crippen LogP contribution in [-0.2, 0) is 0 Å². The molecule has 0 spiro atoms. The number of aryl methyl sites for hydroxylation is 1. The molecule has 5 nitrogen and oxygen atoms in total. The molecule has 0 saturated carbocycles. The minimum Gasteiger partial charge on any atom is -0.495 e. The predicted octanol–water partition coefficient (Wildman–Crippen LogP) is 3.40. The number of methoxy groups -OCH3 is 1. The van der Waals surface area contributed by atoms with Crippen LogP contribution in [0.5, 0.6) is 5.75 Å². The van der Waals surface area contributed by atoms with Gasteiger partial charge in [0, 0.05) is 18.5 Å². The molecule has 2 amide bonds. The van der Waals surface area contributed by atoms with Crippen molar-refractivity contribution in [1.82, 2.24) is 5.32 Å². The maximum Gasteiger partial charge on any atom is 0.319 e. The maximum atomic E-state index is 12.0. The van der Waals surface area contributed by atoms with Gasteiger partial charge >= 0.3 is 6.03 Å². The van der Waals surface area contributed by atoms with Gasteiger partial charge in [0.25, 0.3) is 0 Å². The molecule has 0 radical (unpaired) electrons. The van der Waals surface area contributed by atoms with Crippen molar-refractivity contribution in [2.24, 2.45) is 0 Å². The van der Waals surface area contributed by atoms with E-state index in [-0.39, 0.29) is 24.8 Å². The number of nitrogens with one attached hydrogen (secondary N) is 2. The molecule has 0 saturated heterocycles. The molecule has 5 heteroatoms. The van der Waals surface area contributed by atoms with E-state index in [1.807, 2.05) is 25.1 Å². The topological polar surface area (TPSA) is 67.4 Å². The van der Waals surface area contributed by atoms with Gasteiger partial charge in [-0.3, -0.25) is 4.79 Å². The number of Topliss-reactive ketones (excluding diaryl/α,β-unsaturated/α-hetero) is 1. The Bertz CT molecular complexity index is 681. The van der Waals surface area contributed by atoms with Crippen LogP contribution in [0.15, 0.2) is 48.5 Å². The Morgan fingerprint density at radius 1 is 1.04 bits per heavy atom. The smallest absolute Gasteiger partial charge is 0.319 e. The van der Waals surface area contributed by atoms with Gasteiger partial charge in [0.2, 0.25) is 0 Å². The van der Waals surface area contributed by atoms with E-state index >= 15 is 0 Å². The molecule has 0 aliphatic heterocycles. The quantitative estimate of drug-likeness (QED) is 0.803. The summed E-state index contributed by atoms with van der Waals surface area (Å²) in [7, 11) is 1.54. The molecule has 120 valence electrons. The predicted molar refractivity (Wildman–Crippen MR) is 90.1 cm³/mol. The number of para-hydroxylation sites is 2. The van der Waals surface area contributed by atoms with Crippen molar-refractivity contribution in [1.29, 1.82) is 0 Å². The summed E-state index contributed by atoms with van der Waals surface area (Å²) in [4.78, 5) is 23.9. The molecule has 2 rings (SSSR count). The van der Waals surface area contributed by atoms with Crippen molar-refractivity contribution in [3.8, 4) is 5.75 Å². The Morgan fingerprint density at radius 3 is 2.43 bits per heavy atom. The lowest BCUT2D eigenvalue weighted by atomic mass is 10.1. The number of ether oxygens (including phenoxy) is 1. The zero-order valence-electron chi connectivity index (χ0n) is 13.3. The highest BCUT2D eigenvalue weighted by molar-refractivity contribution is 5.97. The summed E-state index contributed by atoms with van der Waals surface area (Å²) >= 11 is 0. The lowest BCUT2D eigenvalue weighted by molar-refractivity contribution is 0.0983. The lowest BCUT2D eigenvalue weighted by Gasteiger charge is -2.10. The van der Waals surface area contributed by atoms with Crippen LogP contribution in [-0.4, -0.2) is 25.5 Å². The van der Waals surface area contributed by atoms with Gasteiger partial charge in [0.1, 0.15) is 5.75 Å². The van der Waals surface area contributed by atoms with Gasteiger partial charge in [-0.15, -0.1) is 0 Å². The van der Waals surface area contributed by atoms with Gasteiger partial charge in [-0.2, -0.15) is 0 Å². The highest BCUT2D eigenvalue weighted by atomic mass is 16.5. The van der Waals surface area contributed by atoms with Crippen LogP contribution in [0.2, 0.25) is 0 Å². The number of carbonyl (C=O) groups excluding carboxylic acids is 2. The minimum atomic E-state index is -0.369. The maximum absolute atomic E-state index is 12.0. The molecule has 0 unspecified atom stereocenters. The summed E-state index contributed by atoms with van der Waals surface area (Å²) in [6.07, 6.45) is 0.252. The molecule has 0 aliphatic carbocycles. The lowest BCUT2D eigenvalue weighted by Crippen LogP contribution is -2.30. The van der Waals surface area contributed by atoms with Crippen LogP contribution < -0.4 is 15.4 Å². The fraction of sp³-hybridized carbons (Fsp3) is 0.222. The molecule has 0 bridgehead atoms. The van der Waals surface area contributed by atoms with Crippen LogP contribution in [0.1, 0.15) is 22.3 Å². The Kier molecular flexibility index (Phi) is 5.74. The summed E-state index contributed by atoms with van der Waals surface area (Å²) in [5.41, 5.74) is 2.34. The normalized spacial score (nSPS) is 10.0. The molecule has 2 aromatic rings. The second kappa shape index (κ2) is 7.98. The van der Waals surface area contributed by atoms with Crippen molar-refractivity contribution in [3.05, 3.63) is 59.7 Å². The summed E-state index contributed by atoms with van der Waals surface area (Å²) in [6.45, 7) is 2.24. The third-order valence-corrected chi connectivity index (χ3v) is 3.37. The summed E-state index contributed by atoms with van der Waals surface area (Å²) < 4.78 is 5.16. The second-order valence-electron chi connectivity index (χ2n) is 5.12. The summed E-state index contributed by atoms with van der Waals surface area (Å²) in [5.74, 6) is 0.584. The third kappa shape index (κ3) is 4.85. The SMILES string of the molecule is COc1ccccc1NC(=O)NCCC(=O)c1ccc(C)cc1. The number of hydrogen-bond donors (Lipinski definition) is 2. The first-order chi connectivity index (χ1) is 11.1.